The molecule has 0 saturated carbocycles. The average Bonchev–Trinajstić information content (AvgIpc) is 2.61. The third-order valence-electron chi connectivity index (χ3n) is 3.12. The normalized spacial score (nSPS) is 9.50. The maximum atomic E-state index is 11.5. The molecule has 2 aromatic carbocycles. The van der Waals surface area contributed by atoms with Gasteiger partial charge in [0.1, 0.15) is 12.4 Å². The van der Waals surface area contributed by atoms with Crippen molar-refractivity contribution in [2.24, 2.45) is 0 Å². The first kappa shape index (κ1) is 17.1. The van der Waals surface area contributed by atoms with Gasteiger partial charge in [-0.25, -0.2) is 4.79 Å². The number of carbonyl (C=O) groups is 2. The molecule has 5 nitrogen and oxygen atoms in total. The predicted molar refractivity (Wildman–Crippen MR) is 89.6 cm³/mol. The summed E-state index contributed by atoms with van der Waals surface area (Å²) in [5.74, 6) is 5.63. The highest BCUT2D eigenvalue weighted by Crippen LogP contribution is 2.16. The summed E-state index contributed by atoms with van der Waals surface area (Å²) >= 11 is 0. The smallest absolute Gasteiger partial charge is 0.407 e. The molecule has 2 rings (SSSR count). The molecule has 2 aromatic rings. The summed E-state index contributed by atoms with van der Waals surface area (Å²) in [5, 5.41) is 12.2. The van der Waals surface area contributed by atoms with Crippen molar-refractivity contribution in [3.63, 3.8) is 0 Å². The number of rotatable bonds is 5. The number of amides is 1. The molecule has 0 aliphatic rings. The quantitative estimate of drug-likeness (QED) is 0.504. The Hall–Kier alpha value is -3.26. The van der Waals surface area contributed by atoms with Gasteiger partial charge in [-0.3, -0.25) is 4.79 Å². The largest absolute Gasteiger partial charge is 0.507 e. The van der Waals surface area contributed by atoms with Gasteiger partial charge in [0.25, 0.3) is 0 Å². The fourth-order valence-corrected chi connectivity index (χ4v) is 1.89. The highest BCUT2D eigenvalue weighted by atomic mass is 16.5. The molecule has 0 heterocycles. The van der Waals surface area contributed by atoms with Crippen LogP contribution in [0.3, 0.4) is 0 Å². The van der Waals surface area contributed by atoms with Crippen molar-refractivity contribution < 1.29 is 19.4 Å². The summed E-state index contributed by atoms with van der Waals surface area (Å²) in [7, 11) is 0. The van der Waals surface area contributed by atoms with Crippen LogP contribution in [0.1, 0.15) is 27.9 Å². The van der Waals surface area contributed by atoms with Crippen LogP contribution in [0, 0.1) is 11.8 Å². The lowest BCUT2D eigenvalue weighted by atomic mass is 10.1. The maximum Gasteiger partial charge on any atom is 0.407 e. The Labute approximate surface area is 140 Å². The number of phenols is 1. The van der Waals surface area contributed by atoms with Gasteiger partial charge >= 0.3 is 6.09 Å². The molecule has 24 heavy (non-hydrogen) atoms. The van der Waals surface area contributed by atoms with Crippen molar-refractivity contribution >= 4 is 12.4 Å². The Kier molecular flexibility index (Phi) is 6.42. The van der Waals surface area contributed by atoms with Crippen molar-refractivity contribution in [3.05, 3.63) is 65.2 Å². The molecule has 0 spiro atoms. The Morgan fingerprint density at radius 2 is 2.00 bits per heavy atom. The minimum Gasteiger partial charge on any atom is -0.507 e. The Morgan fingerprint density at radius 3 is 2.71 bits per heavy atom. The minimum absolute atomic E-state index is 0.0978. The lowest BCUT2D eigenvalue weighted by Crippen LogP contribution is -2.24. The van der Waals surface area contributed by atoms with Gasteiger partial charge in [-0.1, -0.05) is 42.2 Å². The summed E-state index contributed by atoms with van der Waals surface area (Å²) in [6.07, 6.45) is 0.530. The predicted octanol–water partition coefficient (Wildman–Crippen LogP) is 2.87. The first-order chi connectivity index (χ1) is 11.7. The molecule has 0 fully saturated rings. The molecule has 0 saturated heterocycles. The fraction of sp³-hybridized carbons (Fsp3) is 0.158. The number of aromatic hydroxyl groups is 1. The third-order valence-corrected chi connectivity index (χ3v) is 3.12. The number of hydrogen-bond acceptors (Lipinski definition) is 4. The van der Waals surface area contributed by atoms with Gasteiger partial charge in [0.2, 0.25) is 0 Å². The zero-order valence-corrected chi connectivity index (χ0v) is 13.0. The van der Waals surface area contributed by atoms with Crippen molar-refractivity contribution in [2.75, 3.05) is 6.54 Å². The number of ether oxygens (including phenoxy) is 1. The lowest BCUT2D eigenvalue weighted by Gasteiger charge is -2.05. The maximum absolute atomic E-state index is 11.5. The van der Waals surface area contributed by atoms with Crippen LogP contribution < -0.4 is 5.32 Å². The zero-order valence-electron chi connectivity index (χ0n) is 13.0. The SMILES string of the molecule is O=Cc1ccc(C#CCCNC(=O)OCc2ccccc2)cc1O. The number of benzene rings is 2. The zero-order chi connectivity index (χ0) is 17.2. The molecule has 0 aliphatic carbocycles. The molecule has 0 atom stereocenters. The van der Waals surface area contributed by atoms with E-state index in [0.29, 0.717) is 24.8 Å². The fourth-order valence-electron chi connectivity index (χ4n) is 1.89. The second-order valence-corrected chi connectivity index (χ2v) is 4.93. The van der Waals surface area contributed by atoms with Gasteiger partial charge < -0.3 is 15.2 Å². The standard InChI is InChI=1S/C19H17NO4/c21-13-17-10-9-15(12-18(17)22)6-4-5-11-20-19(23)24-14-16-7-2-1-3-8-16/h1-3,7-10,12-13,22H,5,11,14H2,(H,20,23). The van der Waals surface area contributed by atoms with E-state index >= 15 is 0 Å². The summed E-state index contributed by atoms with van der Waals surface area (Å²) < 4.78 is 5.07. The van der Waals surface area contributed by atoms with Crippen LogP contribution in [-0.2, 0) is 11.3 Å². The molecule has 0 aromatic heterocycles. The summed E-state index contributed by atoms with van der Waals surface area (Å²) in [4.78, 5) is 22.1. The topological polar surface area (TPSA) is 75.6 Å². The van der Waals surface area contributed by atoms with Crippen LogP contribution in [-0.4, -0.2) is 24.0 Å². The molecular weight excluding hydrogens is 306 g/mol. The van der Waals surface area contributed by atoms with Crippen molar-refractivity contribution in [1.29, 1.82) is 0 Å². The van der Waals surface area contributed by atoms with Gasteiger partial charge in [-0.05, 0) is 23.8 Å². The summed E-state index contributed by atoms with van der Waals surface area (Å²) in [6, 6.07) is 14.0. The van der Waals surface area contributed by atoms with E-state index in [0.717, 1.165) is 5.56 Å². The van der Waals surface area contributed by atoms with E-state index < -0.39 is 6.09 Å². The Morgan fingerprint density at radius 1 is 1.21 bits per heavy atom. The van der Waals surface area contributed by atoms with Crippen LogP contribution in [0.5, 0.6) is 5.75 Å². The molecule has 1 amide bonds. The summed E-state index contributed by atoms with van der Waals surface area (Å²) in [6.45, 7) is 0.583. The van der Waals surface area contributed by atoms with E-state index in [1.165, 1.54) is 12.1 Å². The second-order valence-electron chi connectivity index (χ2n) is 4.93. The van der Waals surface area contributed by atoms with E-state index in [2.05, 4.69) is 17.2 Å². The number of alkyl carbamates (subject to hydrolysis) is 1. The van der Waals surface area contributed by atoms with Gasteiger partial charge in [-0.15, -0.1) is 0 Å². The van der Waals surface area contributed by atoms with Crippen LogP contribution in [0.15, 0.2) is 48.5 Å². The molecule has 0 bridgehead atoms. The van der Waals surface area contributed by atoms with Crippen molar-refractivity contribution in [2.45, 2.75) is 13.0 Å². The van der Waals surface area contributed by atoms with Gasteiger partial charge in [0.05, 0.1) is 5.56 Å². The molecule has 2 N–H and O–H groups in total. The molecule has 0 aliphatic heterocycles. The third kappa shape index (κ3) is 5.50. The highest BCUT2D eigenvalue weighted by molar-refractivity contribution is 5.79. The molecule has 0 unspecified atom stereocenters. The molecule has 122 valence electrons. The average molecular weight is 323 g/mol. The van der Waals surface area contributed by atoms with E-state index in [9.17, 15) is 14.7 Å². The first-order valence-corrected chi connectivity index (χ1v) is 7.40. The van der Waals surface area contributed by atoms with Crippen LogP contribution in [0.25, 0.3) is 0 Å². The van der Waals surface area contributed by atoms with E-state index in [-0.39, 0.29) is 17.9 Å². The molecular formula is C19H17NO4. The van der Waals surface area contributed by atoms with Crippen LogP contribution in [0.2, 0.25) is 0 Å². The highest BCUT2D eigenvalue weighted by Gasteiger charge is 2.01. The number of aldehydes is 1. The van der Waals surface area contributed by atoms with Gasteiger partial charge in [0.15, 0.2) is 6.29 Å². The van der Waals surface area contributed by atoms with Gasteiger partial charge in [-0.2, -0.15) is 0 Å². The number of hydrogen-bond donors (Lipinski definition) is 2. The van der Waals surface area contributed by atoms with E-state index in [1.54, 1.807) is 6.07 Å². The first-order valence-electron chi connectivity index (χ1n) is 7.40. The monoisotopic (exact) mass is 323 g/mol. The van der Waals surface area contributed by atoms with Crippen LogP contribution in [0.4, 0.5) is 4.79 Å². The Bertz CT molecular complexity index is 760. The lowest BCUT2D eigenvalue weighted by molar-refractivity contribution is 0.112. The second kappa shape index (κ2) is 9.01. The molecule has 0 radical (unpaired) electrons. The minimum atomic E-state index is -0.492. The summed E-state index contributed by atoms with van der Waals surface area (Å²) in [5.41, 5.74) is 1.75. The van der Waals surface area contributed by atoms with Gasteiger partial charge in [0, 0.05) is 18.5 Å². The number of phenolic OH excluding ortho intramolecular Hbond substituents is 1. The van der Waals surface area contributed by atoms with Crippen molar-refractivity contribution in [1.82, 2.24) is 5.32 Å². The van der Waals surface area contributed by atoms with Crippen molar-refractivity contribution in [3.8, 4) is 17.6 Å². The Balaban J connectivity index is 1.70. The van der Waals surface area contributed by atoms with Crippen LogP contribution >= 0.6 is 0 Å². The van der Waals surface area contributed by atoms with E-state index in [1.807, 2.05) is 30.3 Å². The number of nitrogens with one attached hydrogen (secondary N) is 1. The molecule has 5 heteroatoms. The van der Waals surface area contributed by atoms with E-state index in [4.69, 9.17) is 4.74 Å². The number of carbonyl (C=O) groups excluding carboxylic acids is 2.